The summed E-state index contributed by atoms with van der Waals surface area (Å²) in [5.41, 5.74) is 0.0507. The van der Waals surface area contributed by atoms with Crippen LogP contribution in [0.5, 0.6) is 5.75 Å². The van der Waals surface area contributed by atoms with E-state index in [4.69, 9.17) is 4.74 Å². The topological polar surface area (TPSA) is 58.6 Å². The Bertz CT molecular complexity index is 614. The first-order chi connectivity index (χ1) is 9.78. The number of fused-ring (bicyclic) bond motifs is 3. The van der Waals surface area contributed by atoms with Gasteiger partial charge in [0.15, 0.2) is 5.72 Å². The fraction of sp³-hybridized carbons (Fsp3) is 0.588. The van der Waals surface area contributed by atoms with E-state index in [2.05, 4.69) is 19.2 Å². The van der Waals surface area contributed by atoms with E-state index in [0.717, 1.165) is 30.5 Å². The third kappa shape index (κ3) is 1.53. The number of aromatic hydroxyl groups is 1. The van der Waals surface area contributed by atoms with Crippen molar-refractivity contribution in [3.05, 3.63) is 23.8 Å². The number of phenolic OH excluding ortho intramolecular Hbond substituents is 1. The van der Waals surface area contributed by atoms with Crippen LogP contribution in [-0.2, 0) is 14.9 Å². The molecule has 0 aromatic heterocycles. The smallest absolute Gasteiger partial charge is 0.315 e. The molecule has 0 radical (unpaired) electrons. The fourth-order valence-electron chi connectivity index (χ4n) is 4.03. The largest absolute Gasteiger partial charge is 0.508 e. The molecule has 3 atom stereocenters. The molecule has 0 saturated carbocycles. The van der Waals surface area contributed by atoms with E-state index in [-0.39, 0.29) is 11.7 Å². The Morgan fingerprint density at radius 3 is 2.67 bits per heavy atom. The van der Waals surface area contributed by atoms with Gasteiger partial charge in [-0.05, 0) is 51.0 Å². The van der Waals surface area contributed by atoms with Gasteiger partial charge in [-0.3, -0.25) is 4.79 Å². The molecule has 21 heavy (non-hydrogen) atoms. The average Bonchev–Trinajstić information content (AvgIpc) is 2.73. The SMILES string of the molecule is CCCC[C@]1(C)C(=O)O[C@]2(C)Nc3ccc(O)cc3[C@@]21C. The summed E-state index contributed by atoms with van der Waals surface area (Å²) in [6, 6.07) is 5.28. The number of nitrogens with one attached hydrogen (secondary N) is 1. The maximum Gasteiger partial charge on any atom is 0.315 e. The molecule has 1 saturated heterocycles. The van der Waals surface area contributed by atoms with Gasteiger partial charge in [0.1, 0.15) is 5.75 Å². The molecule has 1 aromatic carbocycles. The summed E-state index contributed by atoms with van der Waals surface area (Å²) >= 11 is 0. The third-order valence-electron chi connectivity index (χ3n) is 5.75. The Balaban J connectivity index is 2.19. The van der Waals surface area contributed by atoms with Crippen LogP contribution in [0.25, 0.3) is 0 Å². The molecule has 0 bridgehead atoms. The van der Waals surface area contributed by atoms with Gasteiger partial charge in [0.05, 0.1) is 10.8 Å². The molecule has 0 unspecified atom stereocenters. The van der Waals surface area contributed by atoms with E-state index in [0.29, 0.717) is 0 Å². The molecule has 0 spiro atoms. The molecule has 4 nitrogen and oxygen atoms in total. The van der Waals surface area contributed by atoms with Crippen LogP contribution in [0, 0.1) is 5.41 Å². The van der Waals surface area contributed by atoms with E-state index in [1.165, 1.54) is 0 Å². The molecule has 2 N–H and O–H groups in total. The summed E-state index contributed by atoms with van der Waals surface area (Å²) in [6.07, 6.45) is 2.80. The van der Waals surface area contributed by atoms with Crippen molar-refractivity contribution >= 4 is 11.7 Å². The molecule has 1 fully saturated rings. The van der Waals surface area contributed by atoms with E-state index < -0.39 is 16.6 Å². The van der Waals surface area contributed by atoms with Gasteiger partial charge in [-0.2, -0.15) is 0 Å². The van der Waals surface area contributed by atoms with Crippen LogP contribution in [-0.4, -0.2) is 16.8 Å². The molecular weight excluding hydrogens is 266 g/mol. The fourth-order valence-corrected chi connectivity index (χ4v) is 4.03. The summed E-state index contributed by atoms with van der Waals surface area (Å²) < 4.78 is 5.78. The second kappa shape index (κ2) is 4.15. The monoisotopic (exact) mass is 289 g/mol. The average molecular weight is 289 g/mol. The van der Waals surface area contributed by atoms with E-state index in [1.54, 1.807) is 12.1 Å². The van der Waals surface area contributed by atoms with Gasteiger partial charge in [-0.1, -0.05) is 19.8 Å². The predicted octanol–water partition coefficient (Wildman–Crippen LogP) is 3.54. The van der Waals surface area contributed by atoms with Crippen molar-refractivity contribution in [3.63, 3.8) is 0 Å². The van der Waals surface area contributed by atoms with Crippen LogP contribution in [0.1, 0.15) is 52.5 Å². The van der Waals surface area contributed by atoms with Crippen LogP contribution in [0.4, 0.5) is 5.69 Å². The van der Waals surface area contributed by atoms with Gasteiger partial charge in [0.25, 0.3) is 0 Å². The maximum atomic E-state index is 12.6. The van der Waals surface area contributed by atoms with Gasteiger partial charge < -0.3 is 15.2 Å². The molecule has 2 aliphatic rings. The van der Waals surface area contributed by atoms with Crippen molar-refractivity contribution in [2.45, 2.75) is 58.1 Å². The van der Waals surface area contributed by atoms with Crippen molar-refractivity contribution in [1.82, 2.24) is 0 Å². The second-order valence-corrected chi connectivity index (χ2v) is 6.84. The Kier molecular flexibility index (Phi) is 2.81. The van der Waals surface area contributed by atoms with Gasteiger partial charge in [-0.25, -0.2) is 0 Å². The number of hydrogen-bond donors (Lipinski definition) is 2. The highest BCUT2D eigenvalue weighted by Crippen LogP contribution is 2.64. The summed E-state index contributed by atoms with van der Waals surface area (Å²) in [5.74, 6) is 0.0701. The highest BCUT2D eigenvalue weighted by Gasteiger charge is 2.72. The molecule has 114 valence electrons. The van der Waals surface area contributed by atoms with Crippen LogP contribution in [0.2, 0.25) is 0 Å². The number of carbonyl (C=O) groups is 1. The van der Waals surface area contributed by atoms with Crippen LogP contribution in [0.15, 0.2) is 18.2 Å². The lowest BCUT2D eigenvalue weighted by Gasteiger charge is -2.40. The first kappa shape index (κ1) is 14.2. The number of carbonyl (C=O) groups excluding carboxylic acids is 1. The molecule has 4 heteroatoms. The highest BCUT2D eigenvalue weighted by molar-refractivity contribution is 5.87. The first-order valence-corrected chi connectivity index (χ1v) is 7.63. The maximum absolute atomic E-state index is 12.6. The summed E-state index contributed by atoms with van der Waals surface area (Å²) in [5, 5.41) is 13.2. The Morgan fingerprint density at radius 2 is 2.00 bits per heavy atom. The lowest BCUT2D eigenvalue weighted by atomic mass is 9.58. The van der Waals surface area contributed by atoms with E-state index in [9.17, 15) is 9.90 Å². The molecule has 0 aliphatic carbocycles. The normalized spacial score (nSPS) is 36.9. The summed E-state index contributed by atoms with van der Waals surface area (Å²) in [7, 11) is 0. The van der Waals surface area contributed by atoms with Crippen LogP contribution in [0.3, 0.4) is 0 Å². The highest BCUT2D eigenvalue weighted by atomic mass is 16.6. The first-order valence-electron chi connectivity index (χ1n) is 7.63. The van der Waals surface area contributed by atoms with E-state index >= 15 is 0 Å². The Labute approximate surface area is 125 Å². The van der Waals surface area contributed by atoms with Crippen LogP contribution >= 0.6 is 0 Å². The van der Waals surface area contributed by atoms with Crippen molar-refractivity contribution in [2.75, 3.05) is 5.32 Å². The zero-order valence-corrected chi connectivity index (χ0v) is 13.1. The van der Waals surface area contributed by atoms with E-state index in [1.807, 2.05) is 19.9 Å². The standard InChI is InChI=1S/C17H23NO3/c1-5-6-9-15(2)14(20)21-17(4)16(15,3)12-10-11(19)7-8-13(12)18-17/h7-8,10,18-19H,5-6,9H2,1-4H3/t15-,16-,17+/m1/s1. The minimum atomic E-state index is -0.761. The Hall–Kier alpha value is -1.71. The van der Waals surface area contributed by atoms with Gasteiger partial charge >= 0.3 is 5.97 Å². The predicted molar refractivity (Wildman–Crippen MR) is 81.2 cm³/mol. The second-order valence-electron chi connectivity index (χ2n) is 6.84. The molecule has 2 aliphatic heterocycles. The molecule has 2 heterocycles. The minimum Gasteiger partial charge on any atom is -0.508 e. The van der Waals surface area contributed by atoms with Crippen molar-refractivity contribution in [2.24, 2.45) is 5.41 Å². The zero-order chi connectivity index (χ0) is 15.5. The number of anilines is 1. The number of benzene rings is 1. The van der Waals surface area contributed by atoms with Gasteiger partial charge in [0.2, 0.25) is 0 Å². The molecular formula is C17H23NO3. The number of rotatable bonds is 3. The van der Waals surface area contributed by atoms with Crippen LogP contribution < -0.4 is 5.32 Å². The van der Waals surface area contributed by atoms with Crippen molar-refractivity contribution < 1.29 is 14.6 Å². The Morgan fingerprint density at radius 1 is 1.29 bits per heavy atom. The third-order valence-corrected chi connectivity index (χ3v) is 5.75. The zero-order valence-electron chi connectivity index (χ0n) is 13.1. The molecule has 3 rings (SSSR count). The number of phenols is 1. The number of hydrogen-bond acceptors (Lipinski definition) is 4. The van der Waals surface area contributed by atoms with Crippen molar-refractivity contribution in [1.29, 1.82) is 0 Å². The van der Waals surface area contributed by atoms with Gasteiger partial charge in [0, 0.05) is 5.69 Å². The van der Waals surface area contributed by atoms with Gasteiger partial charge in [-0.15, -0.1) is 0 Å². The lowest BCUT2D eigenvalue weighted by Crippen LogP contribution is -2.51. The minimum absolute atomic E-state index is 0.151. The number of ether oxygens (including phenoxy) is 1. The quantitative estimate of drug-likeness (QED) is 0.660. The van der Waals surface area contributed by atoms with Crippen molar-refractivity contribution in [3.8, 4) is 5.75 Å². The molecule has 0 amide bonds. The number of esters is 1. The lowest BCUT2D eigenvalue weighted by molar-refractivity contribution is -0.151. The summed E-state index contributed by atoms with van der Waals surface area (Å²) in [6.45, 7) is 8.12. The number of unbranched alkanes of at least 4 members (excludes halogenated alkanes) is 1. The molecule has 1 aromatic rings. The summed E-state index contributed by atoms with van der Waals surface area (Å²) in [4.78, 5) is 12.6.